The first kappa shape index (κ1) is 23.7. The van der Waals surface area contributed by atoms with E-state index in [4.69, 9.17) is 4.43 Å². The SMILES string of the molecule is CC(C)(CO[Si](C)(C)C(C)(C)C)c1ccc(C(=O)Nc2cc3c(ccn3C3CC3)cn2)cc1. The van der Waals surface area contributed by atoms with E-state index < -0.39 is 8.32 Å². The maximum absolute atomic E-state index is 12.9. The maximum atomic E-state index is 12.9. The first-order valence-corrected chi connectivity index (χ1v) is 14.8. The standard InChI is InChI=1S/C27H37N3O2Si/c1-26(2,3)33(6,7)32-18-27(4,5)21-10-8-19(9-11-21)25(31)29-24-16-23-20(17-28-24)14-15-30(23)22-12-13-22/h8-11,14-17,22H,12-13,18H2,1-7H3,(H,28,29,31). The quantitative estimate of drug-likeness (QED) is 0.387. The summed E-state index contributed by atoms with van der Waals surface area (Å²) in [6.45, 7) is 16.4. The van der Waals surface area contributed by atoms with Crippen LogP contribution in [0, 0.1) is 0 Å². The van der Waals surface area contributed by atoms with Crippen molar-refractivity contribution in [2.24, 2.45) is 0 Å². The molecule has 2 heterocycles. The zero-order chi connectivity index (χ0) is 24.0. The minimum absolute atomic E-state index is 0.134. The summed E-state index contributed by atoms with van der Waals surface area (Å²) in [6.07, 6.45) is 6.39. The third-order valence-corrected chi connectivity index (χ3v) is 11.8. The smallest absolute Gasteiger partial charge is 0.256 e. The lowest BCUT2D eigenvalue weighted by molar-refractivity contribution is 0.102. The molecule has 6 heteroatoms. The first-order valence-electron chi connectivity index (χ1n) is 11.9. The lowest BCUT2D eigenvalue weighted by Crippen LogP contribution is -2.43. The molecule has 33 heavy (non-hydrogen) atoms. The second-order valence-electron chi connectivity index (χ2n) is 11.5. The molecule has 3 aromatic rings. The summed E-state index contributed by atoms with van der Waals surface area (Å²) in [4.78, 5) is 17.3. The van der Waals surface area contributed by atoms with Crippen LogP contribution in [0.25, 0.3) is 10.9 Å². The van der Waals surface area contributed by atoms with Gasteiger partial charge in [-0.2, -0.15) is 0 Å². The molecule has 1 fully saturated rings. The second-order valence-corrected chi connectivity index (χ2v) is 16.4. The van der Waals surface area contributed by atoms with Crippen LogP contribution in [0.1, 0.15) is 69.4 Å². The average molecular weight is 464 g/mol. The molecule has 0 spiro atoms. The second kappa shape index (κ2) is 8.40. The molecule has 1 N–H and O–H groups in total. The van der Waals surface area contributed by atoms with Crippen LogP contribution < -0.4 is 5.32 Å². The van der Waals surface area contributed by atoms with Gasteiger partial charge in [0.15, 0.2) is 8.32 Å². The largest absolute Gasteiger partial charge is 0.416 e. The van der Waals surface area contributed by atoms with Gasteiger partial charge in [0.05, 0.1) is 5.52 Å². The molecule has 2 aromatic heterocycles. The van der Waals surface area contributed by atoms with Crippen molar-refractivity contribution in [3.05, 3.63) is 59.9 Å². The molecule has 0 unspecified atom stereocenters. The molecule has 0 saturated heterocycles. The lowest BCUT2D eigenvalue weighted by Gasteiger charge is -2.39. The summed E-state index contributed by atoms with van der Waals surface area (Å²) in [5.41, 5.74) is 2.78. The van der Waals surface area contributed by atoms with Crippen LogP contribution in [0.15, 0.2) is 48.8 Å². The molecular weight excluding hydrogens is 426 g/mol. The number of anilines is 1. The molecule has 1 amide bonds. The van der Waals surface area contributed by atoms with E-state index in [9.17, 15) is 4.79 Å². The normalized spacial score (nSPS) is 15.1. The third kappa shape index (κ3) is 5.07. The van der Waals surface area contributed by atoms with Crippen LogP contribution in [0.3, 0.4) is 0 Å². The molecule has 4 rings (SSSR count). The average Bonchev–Trinajstić information content (AvgIpc) is 3.51. The Morgan fingerprint density at radius 1 is 1.12 bits per heavy atom. The number of carbonyl (C=O) groups is 1. The molecule has 176 valence electrons. The predicted molar refractivity (Wildman–Crippen MR) is 139 cm³/mol. The van der Waals surface area contributed by atoms with Crippen molar-refractivity contribution in [1.82, 2.24) is 9.55 Å². The van der Waals surface area contributed by atoms with E-state index in [1.165, 1.54) is 18.4 Å². The summed E-state index contributed by atoms with van der Waals surface area (Å²) in [5, 5.41) is 4.25. The summed E-state index contributed by atoms with van der Waals surface area (Å²) < 4.78 is 8.77. The van der Waals surface area contributed by atoms with E-state index in [-0.39, 0.29) is 16.4 Å². The number of benzene rings is 1. The van der Waals surface area contributed by atoms with Crippen molar-refractivity contribution in [2.75, 3.05) is 11.9 Å². The Morgan fingerprint density at radius 3 is 2.39 bits per heavy atom. The fourth-order valence-corrected chi connectivity index (χ4v) is 4.86. The Bertz CT molecular complexity index is 1150. The molecule has 1 aromatic carbocycles. The molecule has 5 nitrogen and oxygen atoms in total. The van der Waals surface area contributed by atoms with Gasteiger partial charge in [-0.25, -0.2) is 4.98 Å². The molecule has 0 atom stereocenters. The minimum atomic E-state index is -1.81. The van der Waals surface area contributed by atoms with E-state index in [0.717, 1.165) is 10.9 Å². The Labute approximate surface area is 198 Å². The Kier molecular flexibility index (Phi) is 6.04. The van der Waals surface area contributed by atoms with Gasteiger partial charge in [0, 0.05) is 47.5 Å². The van der Waals surface area contributed by atoms with E-state index in [2.05, 4.69) is 74.8 Å². The number of fused-ring (bicyclic) bond motifs is 1. The van der Waals surface area contributed by atoms with Crippen molar-refractivity contribution in [3.63, 3.8) is 0 Å². The van der Waals surface area contributed by atoms with Gasteiger partial charge in [0.2, 0.25) is 0 Å². The highest BCUT2D eigenvalue weighted by molar-refractivity contribution is 6.74. The van der Waals surface area contributed by atoms with Gasteiger partial charge in [-0.15, -0.1) is 0 Å². The van der Waals surface area contributed by atoms with Crippen molar-refractivity contribution in [2.45, 2.75) is 77.0 Å². The number of rotatable bonds is 7. The van der Waals surface area contributed by atoms with Crippen LogP contribution in [0.2, 0.25) is 18.1 Å². The lowest BCUT2D eigenvalue weighted by atomic mass is 9.85. The summed E-state index contributed by atoms with van der Waals surface area (Å²) >= 11 is 0. The summed E-state index contributed by atoms with van der Waals surface area (Å²) in [6, 6.07) is 12.5. The van der Waals surface area contributed by atoms with Crippen LogP contribution in [0.5, 0.6) is 0 Å². The molecule has 1 aliphatic rings. The van der Waals surface area contributed by atoms with E-state index in [0.29, 0.717) is 24.0 Å². The fourth-order valence-electron chi connectivity index (χ4n) is 3.71. The third-order valence-electron chi connectivity index (χ3n) is 7.32. The Morgan fingerprint density at radius 2 is 1.79 bits per heavy atom. The zero-order valence-electron chi connectivity index (χ0n) is 21.0. The number of amides is 1. The van der Waals surface area contributed by atoms with Crippen LogP contribution in [0.4, 0.5) is 5.82 Å². The minimum Gasteiger partial charge on any atom is -0.416 e. The molecular formula is C27H37N3O2Si. The van der Waals surface area contributed by atoms with Gasteiger partial charge in [0.25, 0.3) is 5.91 Å². The predicted octanol–water partition coefficient (Wildman–Crippen LogP) is 6.92. The highest BCUT2D eigenvalue weighted by atomic mass is 28.4. The van der Waals surface area contributed by atoms with Crippen molar-refractivity contribution < 1.29 is 9.22 Å². The number of nitrogens with zero attached hydrogens (tertiary/aromatic N) is 2. The Hall–Kier alpha value is -2.44. The Balaban J connectivity index is 1.43. The first-order chi connectivity index (χ1) is 15.4. The molecule has 1 aliphatic carbocycles. The van der Waals surface area contributed by atoms with Gasteiger partial charge in [0.1, 0.15) is 5.82 Å². The number of hydrogen-bond donors (Lipinski definition) is 1. The van der Waals surface area contributed by atoms with Crippen molar-refractivity contribution >= 4 is 30.9 Å². The fraction of sp³-hybridized carbons (Fsp3) is 0.481. The highest BCUT2D eigenvalue weighted by Gasteiger charge is 2.38. The monoisotopic (exact) mass is 463 g/mol. The van der Waals surface area contributed by atoms with Gasteiger partial charge >= 0.3 is 0 Å². The van der Waals surface area contributed by atoms with Crippen LogP contribution >= 0.6 is 0 Å². The highest BCUT2D eigenvalue weighted by Crippen LogP contribution is 2.39. The van der Waals surface area contributed by atoms with E-state index >= 15 is 0 Å². The number of hydrogen-bond acceptors (Lipinski definition) is 3. The number of carbonyl (C=O) groups excluding carboxylic acids is 1. The van der Waals surface area contributed by atoms with Gasteiger partial charge in [-0.05, 0) is 54.7 Å². The number of aromatic nitrogens is 2. The summed E-state index contributed by atoms with van der Waals surface area (Å²) in [5.74, 6) is 0.438. The van der Waals surface area contributed by atoms with Gasteiger partial charge in [-0.3, -0.25) is 4.79 Å². The molecule has 0 aliphatic heterocycles. The van der Waals surface area contributed by atoms with Crippen molar-refractivity contribution in [3.8, 4) is 0 Å². The van der Waals surface area contributed by atoms with Gasteiger partial charge < -0.3 is 14.3 Å². The van der Waals surface area contributed by atoms with Crippen LogP contribution in [-0.2, 0) is 9.84 Å². The summed E-state index contributed by atoms with van der Waals surface area (Å²) in [7, 11) is -1.81. The molecule has 1 saturated carbocycles. The van der Waals surface area contributed by atoms with E-state index in [1.54, 1.807) is 0 Å². The molecule has 0 radical (unpaired) electrons. The maximum Gasteiger partial charge on any atom is 0.256 e. The molecule has 0 bridgehead atoms. The van der Waals surface area contributed by atoms with Crippen LogP contribution in [-0.4, -0.2) is 30.4 Å². The topological polar surface area (TPSA) is 56.1 Å². The van der Waals surface area contributed by atoms with Crippen molar-refractivity contribution in [1.29, 1.82) is 0 Å². The number of nitrogens with one attached hydrogen (secondary N) is 1. The zero-order valence-corrected chi connectivity index (χ0v) is 22.0. The number of pyridine rings is 1. The van der Waals surface area contributed by atoms with Gasteiger partial charge in [-0.1, -0.05) is 46.8 Å². The van der Waals surface area contributed by atoms with E-state index in [1.807, 2.05) is 36.5 Å².